The van der Waals surface area contributed by atoms with Crippen LogP contribution >= 0.6 is 27.7 Å². The maximum Gasteiger partial charge on any atom is 0.273 e. The first-order valence-electron chi connectivity index (χ1n) is 18.6. The lowest BCUT2D eigenvalue weighted by molar-refractivity contribution is -0.151. The Balaban J connectivity index is 1.09. The Morgan fingerprint density at radius 3 is 2.38 bits per heavy atom. The molecule has 2 bridgehead atoms. The van der Waals surface area contributed by atoms with E-state index in [1.807, 2.05) is 10.7 Å². The molecule has 1 spiro atoms. The zero-order valence-corrected chi connectivity index (χ0v) is 32.9. The van der Waals surface area contributed by atoms with Crippen LogP contribution < -0.4 is 9.80 Å². The van der Waals surface area contributed by atoms with Crippen LogP contribution in [0.4, 0.5) is 11.5 Å². The average molecular weight is 791 g/mol. The van der Waals surface area contributed by atoms with Gasteiger partial charge in [0, 0.05) is 62.3 Å². The highest BCUT2D eigenvalue weighted by molar-refractivity contribution is 9.10. The summed E-state index contributed by atoms with van der Waals surface area (Å²) in [4.78, 5) is 29.6. The standard InChI is InChI=1S/C42H44BrN7O2S/c1-47(2)40(51)34-21-31-25-48(17-10-18-50(31)46-34)39-33-26-52-42(22-35(33)44-41(45-39)53-3)30-19-29(20-30)32-15-16-36(38(43)37(32)42)49(23-27-11-6-4-7-12-27)24-28-13-8-5-9-14-28/h4-9,11-16,21,29-30H,10,17-20,22-26H2,1-3H3. The Kier molecular flexibility index (Phi) is 9.07. The van der Waals surface area contributed by atoms with Gasteiger partial charge in [0.15, 0.2) is 10.9 Å². The van der Waals surface area contributed by atoms with Crippen LogP contribution in [-0.4, -0.2) is 57.5 Å². The topological polar surface area (TPSA) is 79.6 Å². The molecular formula is C42H44BrN7O2S. The number of fused-ring (bicyclic) bond motifs is 2. The molecule has 53 heavy (non-hydrogen) atoms. The molecule has 2 aliphatic heterocycles. The van der Waals surface area contributed by atoms with Gasteiger partial charge in [-0.05, 0) is 82.1 Å². The quantitative estimate of drug-likeness (QED) is 0.116. The highest BCUT2D eigenvalue weighted by atomic mass is 79.9. The van der Waals surface area contributed by atoms with E-state index in [4.69, 9.17) is 14.7 Å². The van der Waals surface area contributed by atoms with Gasteiger partial charge in [0.05, 0.1) is 30.2 Å². The summed E-state index contributed by atoms with van der Waals surface area (Å²) in [7, 11) is 3.53. The highest BCUT2D eigenvalue weighted by Gasteiger charge is 2.57. The molecule has 3 aromatic carbocycles. The second kappa shape index (κ2) is 13.9. The number of carbonyl (C=O) groups excluding carboxylic acids is 1. The molecule has 10 rings (SSSR count). The van der Waals surface area contributed by atoms with Crippen LogP contribution in [0.5, 0.6) is 0 Å². The number of amides is 1. The minimum absolute atomic E-state index is 0.0801. The predicted molar refractivity (Wildman–Crippen MR) is 212 cm³/mol. The molecule has 0 N–H and O–H groups in total. The van der Waals surface area contributed by atoms with Crippen LogP contribution in [0.3, 0.4) is 0 Å². The number of nitrogens with zero attached hydrogens (tertiary/aromatic N) is 7. The number of hydrogen-bond acceptors (Lipinski definition) is 8. The lowest BCUT2D eigenvalue weighted by Crippen LogP contribution is -2.53. The molecule has 4 heterocycles. The van der Waals surface area contributed by atoms with Crippen molar-refractivity contribution in [3.63, 3.8) is 0 Å². The number of carbonyl (C=O) groups is 1. The lowest BCUT2D eigenvalue weighted by Gasteiger charge is -2.57. The number of anilines is 2. The Labute approximate surface area is 323 Å². The van der Waals surface area contributed by atoms with E-state index >= 15 is 0 Å². The molecular weight excluding hydrogens is 746 g/mol. The van der Waals surface area contributed by atoms with Crippen molar-refractivity contribution < 1.29 is 9.53 Å². The molecule has 1 unspecified atom stereocenters. The third-order valence-electron chi connectivity index (χ3n) is 11.7. The molecule has 1 saturated carbocycles. The van der Waals surface area contributed by atoms with Crippen LogP contribution in [0.25, 0.3) is 0 Å². The van der Waals surface area contributed by atoms with Crippen LogP contribution in [0.15, 0.2) is 88.5 Å². The molecule has 1 amide bonds. The van der Waals surface area contributed by atoms with E-state index < -0.39 is 5.60 Å². The molecule has 5 aromatic rings. The summed E-state index contributed by atoms with van der Waals surface area (Å²) in [6, 6.07) is 28.1. The molecule has 0 saturated heterocycles. The number of aromatic nitrogens is 4. The lowest BCUT2D eigenvalue weighted by atomic mass is 9.53. The maximum absolute atomic E-state index is 12.8. The van der Waals surface area contributed by atoms with Crippen molar-refractivity contribution in [1.82, 2.24) is 24.6 Å². The zero-order valence-electron chi connectivity index (χ0n) is 30.5. The number of benzene rings is 3. The average Bonchev–Trinajstić information content (AvgIpc) is 3.44. The summed E-state index contributed by atoms with van der Waals surface area (Å²) in [5, 5.41) is 5.46. The van der Waals surface area contributed by atoms with E-state index in [0.29, 0.717) is 37.1 Å². The molecule has 3 aliphatic carbocycles. The number of rotatable bonds is 8. The third kappa shape index (κ3) is 6.14. The van der Waals surface area contributed by atoms with Gasteiger partial charge in [-0.15, -0.1) is 0 Å². The number of aryl methyl sites for hydroxylation is 1. The number of ether oxygens (including phenoxy) is 1. The van der Waals surface area contributed by atoms with Gasteiger partial charge in [0.1, 0.15) is 11.4 Å². The van der Waals surface area contributed by atoms with Gasteiger partial charge >= 0.3 is 0 Å². The van der Waals surface area contributed by atoms with E-state index in [9.17, 15) is 4.79 Å². The van der Waals surface area contributed by atoms with E-state index in [0.717, 1.165) is 77.8 Å². The Bertz CT molecular complexity index is 2130. The fourth-order valence-corrected chi connectivity index (χ4v) is 10.3. The smallest absolute Gasteiger partial charge is 0.273 e. The molecule has 9 nitrogen and oxygen atoms in total. The fraction of sp³-hybridized carbons (Fsp3) is 0.381. The predicted octanol–water partition coefficient (Wildman–Crippen LogP) is 7.95. The summed E-state index contributed by atoms with van der Waals surface area (Å²) < 4.78 is 10.4. The Hall–Kier alpha value is -4.19. The Morgan fingerprint density at radius 1 is 0.981 bits per heavy atom. The highest BCUT2D eigenvalue weighted by Crippen LogP contribution is 2.64. The first-order valence-corrected chi connectivity index (χ1v) is 20.6. The number of thioether (sulfide) groups is 1. The van der Waals surface area contributed by atoms with Gasteiger partial charge in [-0.2, -0.15) is 5.10 Å². The summed E-state index contributed by atoms with van der Waals surface area (Å²) in [5.74, 6) is 1.84. The second-order valence-electron chi connectivity index (χ2n) is 15.1. The monoisotopic (exact) mass is 789 g/mol. The van der Waals surface area contributed by atoms with Gasteiger partial charge in [-0.25, -0.2) is 9.97 Å². The molecule has 272 valence electrons. The first kappa shape index (κ1) is 34.6. The van der Waals surface area contributed by atoms with Gasteiger partial charge in [-0.1, -0.05) is 78.5 Å². The molecule has 1 fully saturated rings. The summed E-state index contributed by atoms with van der Waals surface area (Å²) >= 11 is 5.83. The van der Waals surface area contributed by atoms with Crippen LogP contribution in [0, 0.1) is 5.92 Å². The largest absolute Gasteiger partial charge is 0.365 e. The first-order chi connectivity index (χ1) is 25.8. The zero-order chi connectivity index (χ0) is 36.3. The van der Waals surface area contributed by atoms with Gasteiger partial charge in [0.25, 0.3) is 5.91 Å². The summed E-state index contributed by atoms with van der Waals surface area (Å²) in [6.45, 7) is 4.26. The Morgan fingerprint density at radius 2 is 1.70 bits per heavy atom. The van der Waals surface area contributed by atoms with Gasteiger partial charge in [0.2, 0.25) is 0 Å². The molecule has 1 atom stereocenters. The molecule has 0 radical (unpaired) electrons. The van der Waals surface area contributed by atoms with Crippen molar-refractivity contribution in [2.45, 2.75) is 75.1 Å². The number of halogens is 1. The maximum atomic E-state index is 12.8. The van der Waals surface area contributed by atoms with Gasteiger partial charge < -0.3 is 19.4 Å². The van der Waals surface area contributed by atoms with Crippen molar-refractivity contribution >= 4 is 45.1 Å². The second-order valence-corrected chi connectivity index (χ2v) is 16.7. The van der Waals surface area contributed by atoms with E-state index in [1.54, 1.807) is 30.8 Å². The van der Waals surface area contributed by atoms with Crippen LogP contribution in [0.1, 0.15) is 74.9 Å². The van der Waals surface area contributed by atoms with Crippen molar-refractivity contribution in [1.29, 1.82) is 0 Å². The fourth-order valence-electron chi connectivity index (χ4n) is 8.93. The van der Waals surface area contributed by atoms with Crippen LogP contribution in [0.2, 0.25) is 0 Å². The van der Waals surface area contributed by atoms with Crippen LogP contribution in [-0.2, 0) is 49.5 Å². The minimum atomic E-state index is -0.475. The van der Waals surface area contributed by atoms with Crippen molar-refractivity contribution in [2.24, 2.45) is 5.92 Å². The van der Waals surface area contributed by atoms with Gasteiger partial charge in [-0.3, -0.25) is 9.48 Å². The normalized spacial score (nSPS) is 21.2. The molecule has 5 aliphatic rings. The molecule has 2 aromatic heterocycles. The molecule has 11 heteroatoms. The van der Waals surface area contributed by atoms with Crippen molar-refractivity contribution in [2.75, 3.05) is 36.7 Å². The van der Waals surface area contributed by atoms with Crippen molar-refractivity contribution in [3.05, 3.63) is 128 Å². The number of hydrogen-bond donors (Lipinski definition) is 0. The van der Waals surface area contributed by atoms with E-state index in [-0.39, 0.29) is 5.91 Å². The van der Waals surface area contributed by atoms with E-state index in [2.05, 4.69) is 110 Å². The van der Waals surface area contributed by atoms with Crippen molar-refractivity contribution in [3.8, 4) is 0 Å². The van der Waals surface area contributed by atoms with E-state index in [1.165, 1.54) is 27.9 Å². The third-order valence-corrected chi connectivity index (χ3v) is 13.0. The SMILES string of the molecule is CSc1nc2c(c(N3CCCn4nc(C(=O)N(C)C)cc4C3)n1)COC1(C2)c2c(ccc(N(Cc3ccccc3)Cc3ccccc3)c2Br)C2CC1C2. The minimum Gasteiger partial charge on any atom is -0.365 e. The summed E-state index contributed by atoms with van der Waals surface area (Å²) in [6.07, 6.45) is 5.95. The summed E-state index contributed by atoms with van der Waals surface area (Å²) in [5.41, 5.74) is 9.66.